The zero-order valence-corrected chi connectivity index (χ0v) is 12.7. The number of hydrogen-bond donors (Lipinski definition) is 1. The van der Waals surface area contributed by atoms with Gasteiger partial charge in [-0.1, -0.05) is 18.5 Å². The predicted molar refractivity (Wildman–Crippen MR) is 77.1 cm³/mol. The van der Waals surface area contributed by atoms with Crippen LogP contribution in [0.3, 0.4) is 0 Å². The third-order valence-electron chi connectivity index (χ3n) is 3.23. The monoisotopic (exact) mass is 287 g/mol. The normalized spacial score (nSPS) is 14.0. The first-order valence-electron chi connectivity index (χ1n) is 6.21. The Bertz CT molecular complexity index is 412. The molecule has 2 atom stereocenters. The second kappa shape index (κ2) is 7.58. The quantitative estimate of drug-likeness (QED) is 0.837. The third-order valence-corrected chi connectivity index (χ3v) is 3.51. The molecule has 1 rings (SSSR count). The minimum atomic E-state index is -0.118. The highest BCUT2D eigenvalue weighted by Crippen LogP contribution is 2.38. The molecule has 0 aliphatic carbocycles. The smallest absolute Gasteiger partial charge is 0.179 e. The van der Waals surface area contributed by atoms with Crippen molar-refractivity contribution in [3.63, 3.8) is 0 Å². The number of hydrogen-bond acceptors (Lipinski definition) is 4. The summed E-state index contributed by atoms with van der Waals surface area (Å²) in [5, 5.41) is 0.506. The molecule has 1 aromatic carbocycles. The van der Waals surface area contributed by atoms with E-state index in [0.717, 1.165) is 12.0 Å². The third kappa shape index (κ3) is 4.00. The van der Waals surface area contributed by atoms with Crippen LogP contribution in [0.1, 0.15) is 24.9 Å². The van der Waals surface area contributed by atoms with Crippen molar-refractivity contribution in [1.29, 1.82) is 0 Å². The molecule has 0 heterocycles. The number of rotatable bonds is 7. The SMILES string of the molecule is COCCC(C)C(N)c1cc(Cl)c(OC)c(OC)c1. The standard InChI is InChI=1S/C14H22ClNO3/c1-9(5-6-17-2)13(16)10-7-11(15)14(19-4)12(8-10)18-3/h7-9,13H,5-6,16H2,1-4H3. The molecule has 2 N–H and O–H groups in total. The summed E-state index contributed by atoms with van der Waals surface area (Å²) >= 11 is 6.18. The van der Waals surface area contributed by atoms with Gasteiger partial charge in [0.15, 0.2) is 11.5 Å². The molecule has 108 valence electrons. The van der Waals surface area contributed by atoms with Crippen molar-refractivity contribution in [2.45, 2.75) is 19.4 Å². The van der Waals surface area contributed by atoms with E-state index >= 15 is 0 Å². The molecular formula is C14H22ClNO3. The van der Waals surface area contributed by atoms with Crippen LogP contribution in [0, 0.1) is 5.92 Å². The van der Waals surface area contributed by atoms with Gasteiger partial charge in [0.25, 0.3) is 0 Å². The lowest BCUT2D eigenvalue weighted by molar-refractivity contribution is 0.174. The first-order chi connectivity index (χ1) is 9.04. The van der Waals surface area contributed by atoms with E-state index in [1.807, 2.05) is 12.1 Å². The maximum Gasteiger partial charge on any atom is 0.179 e. The lowest BCUT2D eigenvalue weighted by Gasteiger charge is -2.21. The van der Waals surface area contributed by atoms with Crippen LogP contribution in [0.4, 0.5) is 0 Å². The number of ether oxygens (including phenoxy) is 3. The van der Waals surface area contributed by atoms with E-state index in [4.69, 9.17) is 31.5 Å². The van der Waals surface area contributed by atoms with Crippen LogP contribution in [0.5, 0.6) is 11.5 Å². The van der Waals surface area contributed by atoms with Gasteiger partial charge < -0.3 is 19.9 Å². The van der Waals surface area contributed by atoms with E-state index < -0.39 is 0 Å². The van der Waals surface area contributed by atoms with Crippen molar-refractivity contribution in [3.8, 4) is 11.5 Å². The molecule has 0 bridgehead atoms. The molecule has 0 spiro atoms. The molecule has 0 aromatic heterocycles. The lowest BCUT2D eigenvalue weighted by Crippen LogP contribution is -2.20. The van der Waals surface area contributed by atoms with Crippen LogP contribution in [-0.2, 0) is 4.74 Å². The number of nitrogens with two attached hydrogens (primary N) is 1. The van der Waals surface area contributed by atoms with Gasteiger partial charge in [0.2, 0.25) is 0 Å². The van der Waals surface area contributed by atoms with Crippen molar-refractivity contribution < 1.29 is 14.2 Å². The fourth-order valence-corrected chi connectivity index (χ4v) is 2.24. The molecule has 0 radical (unpaired) electrons. The summed E-state index contributed by atoms with van der Waals surface area (Å²) < 4.78 is 15.6. The summed E-state index contributed by atoms with van der Waals surface area (Å²) in [6, 6.07) is 3.59. The minimum absolute atomic E-state index is 0.118. The van der Waals surface area contributed by atoms with E-state index in [1.54, 1.807) is 21.3 Å². The zero-order chi connectivity index (χ0) is 14.4. The molecule has 5 heteroatoms. The number of methoxy groups -OCH3 is 3. The highest BCUT2D eigenvalue weighted by atomic mass is 35.5. The second-order valence-corrected chi connectivity index (χ2v) is 4.93. The fourth-order valence-electron chi connectivity index (χ4n) is 1.94. The summed E-state index contributed by atoms with van der Waals surface area (Å²) in [5.74, 6) is 1.41. The van der Waals surface area contributed by atoms with Gasteiger partial charge in [-0.15, -0.1) is 0 Å². The van der Waals surface area contributed by atoms with Crippen LogP contribution in [0.2, 0.25) is 5.02 Å². The van der Waals surface area contributed by atoms with Gasteiger partial charge in [-0.2, -0.15) is 0 Å². The summed E-state index contributed by atoms with van der Waals surface area (Å²) in [5.41, 5.74) is 7.19. The molecule has 4 nitrogen and oxygen atoms in total. The molecule has 0 saturated heterocycles. The van der Waals surface area contributed by atoms with Crippen LogP contribution in [0.25, 0.3) is 0 Å². The van der Waals surface area contributed by atoms with E-state index in [-0.39, 0.29) is 12.0 Å². The van der Waals surface area contributed by atoms with Crippen molar-refractivity contribution in [1.82, 2.24) is 0 Å². The van der Waals surface area contributed by atoms with Crippen LogP contribution in [0.15, 0.2) is 12.1 Å². The molecule has 0 amide bonds. The summed E-state index contributed by atoms with van der Waals surface area (Å²) in [6.45, 7) is 2.78. The molecular weight excluding hydrogens is 266 g/mol. The van der Waals surface area contributed by atoms with Gasteiger partial charge in [0, 0.05) is 19.8 Å². The lowest BCUT2D eigenvalue weighted by atomic mass is 9.93. The molecule has 0 aliphatic heterocycles. The molecule has 2 unspecified atom stereocenters. The van der Waals surface area contributed by atoms with Crippen molar-refractivity contribution in [2.75, 3.05) is 27.9 Å². The first-order valence-corrected chi connectivity index (χ1v) is 6.58. The molecule has 19 heavy (non-hydrogen) atoms. The Morgan fingerprint density at radius 2 is 1.89 bits per heavy atom. The van der Waals surface area contributed by atoms with Crippen molar-refractivity contribution in [3.05, 3.63) is 22.7 Å². The van der Waals surface area contributed by atoms with Crippen LogP contribution in [-0.4, -0.2) is 27.9 Å². The predicted octanol–water partition coefficient (Wildman–Crippen LogP) is 3.03. The Balaban J connectivity index is 2.97. The van der Waals surface area contributed by atoms with Gasteiger partial charge in [0.05, 0.1) is 19.2 Å². The second-order valence-electron chi connectivity index (χ2n) is 4.52. The van der Waals surface area contributed by atoms with E-state index in [1.165, 1.54) is 0 Å². The Hall–Kier alpha value is -0.970. The van der Waals surface area contributed by atoms with Crippen LogP contribution >= 0.6 is 11.6 Å². The number of halogens is 1. The van der Waals surface area contributed by atoms with Gasteiger partial charge >= 0.3 is 0 Å². The highest BCUT2D eigenvalue weighted by molar-refractivity contribution is 6.32. The highest BCUT2D eigenvalue weighted by Gasteiger charge is 2.19. The van der Waals surface area contributed by atoms with Gasteiger partial charge in [-0.25, -0.2) is 0 Å². The Labute approximate surface area is 119 Å². The molecule has 0 aliphatic rings. The van der Waals surface area contributed by atoms with Gasteiger partial charge in [-0.3, -0.25) is 0 Å². The topological polar surface area (TPSA) is 53.7 Å². The molecule has 0 saturated carbocycles. The summed E-state index contributed by atoms with van der Waals surface area (Å²) in [7, 11) is 4.83. The van der Waals surface area contributed by atoms with E-state index in [0.29, 0.717) is 23.1 Å². The first kappa shape index (κ1) is 16.1. The maximum atomic E-state index is 6.25. The minimum Gasteiger partial charge on any atom is -0.493 e. The van der Waals surface area contributed by atoms with E-state index in [9.17, 15) is 0 Å². The maximum absolute atomic E-state index is 6.25. The zero-order valence-electron chi connectivity index (χ0n) is 11.9. The largest absolute Gasteiger partial charge is 0.493 e. The molecule has 0 fully saturated rings. The Morgan fingerprint density at radius 3 is 2.42 bits per heavy atom. The summed E-state index contributed by atoms with van der Waals surface area (Å²) in [4.78, 5) is 0. The fraction of sp³-hybridized carbons (Fsp3) is 0.571. The Kier molecular flexibility index (Phi) is 6.42. The van der Waals surface area contributed by atoms with Crippen LogP contribution < -0.4 is 15.2 Å². The average molecular weight is 288 g/mol. The average Bonchev–Trinajstić information content (AvgIpc) is 2.42. The van der Waals surface area contributed by atoms with Gasteiger partial charge in [0.1, 0.15) is 0 Å². The van der Waals surface area contributed by atoms with E-state index in [2.05, 4.69) is 6.92 Å². The molecule has 1 aromatic rings. The Morgan fingerprint density at radius 1 is 1.21 bits per heavy atom. The van der Waals surface area contributed by atoms with Crippen molar-refractivity contribution >= 4 is 11.6 Å². The summed E-state index contributed by atoms with van der Waals surface area (Å²) in [6.07, 6.45) is 0.892. The van der Waals surface area contributed by atoms with Gasteiger partial charge in [-0.05, 0) is 30.0 Å². The number of benzene rings is 1. The van der Waals surface area contributed by atoms with Crippen molar-refractivity contribution in [2.24, 2.45) is 11.7 Å².